The first-order chi connectivity index (χ1) is 11.6. The minimum atomic E-state index is -0.776. The normalized spacial score (nSPS) is 12.1. The molecule has 0 saturated heterocycles. The number of nitrogens with two attached hydrogens (primary N) is 1. The highest BCUT2D eigenvalue weighted by Crippen LogP contribution is 2.19. The van der Waals surface area contributed by atoms with E-state index in [1.165, 1.54) is 7.05 Å². The highest BCUT2D eigenvalue weighted by molar-refractivity contribution is 6.05. The van der Waals surface area contributed by atoms with Gasteiger partial charge in [0.25, 0.3) is 5.91 Å². The van der Waals surface area contributed by atoms with Gasteiger partial charge in [-0.3, -0.25) is 14.5 Å². The SMILES string of the molecule is CN(C(=O)c1ccccc1)C(=O)[C@@H](N)Cc1c[nH]c2ccccc12. The molecule has 24 heavy (non-hydrogen) atoms. The van der Waals surface area contributed by atoms with E-state index in [0.717, 1.165) is 21.4 Å². The van der Waals surface area contributed by atoms with Crippen molar-refractivity contribution in [2.45, 2.75) is 12.5 Å². The van der Waals surface area contributed by atoms with Crippen LogP contribution >= 0.6 is 0 Å². The summed E-state index contributed by atoms with van der Waals surface area (Å²) in [5, 5.41) is 1.04. The van der Waals surface area contributed by atoms with Crippen molar-refractivity contribution in [3.63, 3.8) is 0 Å². The molecule has 2 aromatic carbocycles. The highest BCUT2D eigenvalue weighted by atomic mass is 16.2. The Kier molecular flexibility index (Phi) is 4.44. The standard InChI is InChI=1S/C19H19N3O2/c1-22(18(23)13-7-3-2-4-8-13)19(24)16(20)11-14-12-21-17-10-6-5-9-15(14)17/h2-10,12,16,21H,11,20H2,1H3/t16-/m0/s1. The smallest absolute Gasteiger partial charge is 0.260 e. The molecule has 1 heterocycles. The molecule has 0 aliphatic rings. The predicted octanol–water partition coefficient (Wildman–Crippen LogP) is 2.34. The first-order valence-electron chi connectivity index (χ1n) is 7.75. The van der Waals surface area contributed by atoms with Crippen LogP contribution in [0.5, 0.6) is 0 Å². The zero-order valence-corrected chi connectivity index (χ0v) is 13.4. The van der Waals surface area contributed by atoms with E-state index in [4.69, 9.17) is 5.73 Å². The number of hydrogen-bond acceptors (Lipinski definition) is 3. The quantitative estimate of drug-likeness (QED) is 0.774. The number of amides is 2. The maximum Gasteiger partial charge on any atom is 0.260 e. The van der Waals surface area contributed by atoms with Crippen molar-refractivity contribution in [1.29, 1.82) is 0 Å². The van der Waals surface area contributed by atoms with Gasteiger partial charge in [0.05, 0.1) is 6.04 Å². The third-order valence-electron chi connectivity index (χ3n) is 4.09. The third-order valence-corrected chi connectivity index (χ3v) is 4.09. The van der Waals surface area contributed by atoms with Crippen molar-refractivity contribution in [3.8, 4) is 0 Å². The van der Waals surface area contributed by atoms with Crippen LogP contribution in [0.3, 0.4) is 0 Å². The van der Waals surface area contributed by atoms with Gasteiger partial charge in [0.1, 0.15) is 0 Å². The number of benzene rings is 2. The Bertz CT molecular complexity index is 870. The molecule has 0 radical (unpaired) electrons. The first-order valence-corrected chi connectivity index (χ1v) is 7.75. The van der Waals surface area contributed by atoms with Gasteiger partial charge in [-0.1, -0.05) is 36.4 Å². The predicted molar refractivity (Wildman–Crippen MR) is 93.5 cm³/mol. The Balaban J connectivity index is 1.73. The van der Waals surface area contributed by atoms with Crippen LogP contribution in [-0.2, 0) is 11.2 Å². The number of H-pyrrole nitrogens is 1. The van der Waals surface area contributed by atoms with Crippen LogP contribution in [0.4, 0.5) is 0 Å². The number of fused-ring (bicyclic) bond motifs is 1. The van der Waals surface area contributed by atoms with Crippen LogP contribution in [0.2, 0.25) is 0 Å². The molecule has 0 bridgehead atoms. The van der Waals surface area contributed by atoms with E-state index >= 15 is 0 Å². The van der Waals surface area contributed by atoms with Gasteiger partial charge in [-0.2, -0.15) is 0 Å². The number of likely N-dealkylation sites (N-methyl/N-ethyl adjacent to an activating group) is 1. The summed E-state index contributed by atoms with van der Waals surface area (Å²) in [4.78, 5) is 29.1. The topological polar surface area (TPSA) is 79.2 Å². The Morgan fingerprint density at radius 2 is 1.75 bits per heavy atom. The molecule has 0 aliphatic carbocycles. The summed E-state index contributed by atoms with van der Waals surface area (Å²) in [6, 6.07) is 15.8. The van der Waals surface area contributed by atoms with Gasteiger partial charge in [-0.15, -0.1) is 0 Å². The maximum absolute atomic E-state index is 12.5. The molecule has 0 aliphatic heterocycles. The Hall–Kier alpha value is -2.92. The fourth-order valence-corrected chi connectivity index (χ4v) is 2.75. The number of rotatable bonds is 4. The number of hydrogen-bond donors (Lipinski definition) is 2. The van der Waals surface area contributed by atoms with E-state index in [1.54, 1.807) is 24.3 Å². The lowest BCUT2D eigenvalue weighted by atomic mass is 10.0. The van der Waals surface area contributed by atoms with Crippen LogP contribution in [0.1, 0.15) is 15.9 Å². The number of nitrogens with zero attached hydrogens (tertiary/aromatic N) is 1. The lowest BCUT2D eigenvalue weighted by Crippen LogP contribution is -2.45. The number of imide groups is 1. The lowest BCUT2D eigenvalue weighted by molar-refractivity contribution is -0.128. The van der Waals surface area contributed by atoms with Crippen molar-refractivity contribution >= 4 is 22.7 Å². The van der Waals surface area contributed by atoms with Gasteiger partial charge in [0, 0.05) is 29.7 Å². The Morgan fingerprint density at radius 3 is 2.50 bits per heavy atom. The van der Waals surface area contributed by atoms with Crippen molar-refractivity contribution in [2.24, 2.45) is 5.73 Å². The third kappa shape index (κ3) is 3.07. The largest absolute Gasteiger partial charge is 0.361 e. The number of carbonyl (C=O) groups excluding carboxylic acids is 2. The fourth-order valence-electron chi connectivity index (χ4n) is 2.75. The summed E-state index contributed by atoms with van der Waals surface area (Å²) in [7, 11) is 1.47. The molecule has 0 spiro atoms. The van der Waals surface area contributed by atoms with Crippen LogP contribution in [-0.4, -0.2) is 34.8 Å². The van der Waals surface area contributed by atoms with Gasteiger partial charge < -0.3 is 10.7 Å². The second kappa shape index (κ2) is 6.68. The van der Waals surface area contributed by atoms with E-state index in [9.17, 15) is 9.59 Å². The number of nitrogens with one attached hydrogen (secondary N) is 1. The number of aromatic amines is 1. The molecule has 122 valence electrons. The Labute approximate surface area is 140 Å². The van der Waals surface area contributed by atoms with Crippen molar-refractivity contribution in [1.82, 2.24) is 9.88 Å². The average molecular weight is 321 g/mol. The van der Waals surface area contributed by atoms with Gasteiger partial charge >= 0.3 is 0 Å². The van der Waals surface area contributed by atoms with Gasteiger partial charge in [-0.05, 0) is 30.2 Å². The van der Waals surface area contributed by atoms with Crippen LogP contribution < -0.4 is 5.73 Å². The van der Waals surface area contributed by atoms with Gasteiger partial charge in [-0.25, -0.2) is 0 Å². The minimum Gasteiger partial charge on any atom is -0.361 e. The minimum absolute atomic E-state index is 0.352. The molecule has 1 atom stereocenters. The molecule has 0 saturated carbocycles. The van der Waals surface area contributed by atoms with E-state index in [2.05, 4.69) is 4.98 Å². The van der Waals surface area contributed by atoms with Crippen LogP contribution in [0.15, 0.2) is 60.8 Å². The van der Waals surface area contributed by atoms with Crippen molar-refractivity contribution in [2.75, 3.05) is 7.05 Å². The maximum atomic E-state index is 12.5. The molecule has 5 heteroatoms. The molecule has 0 fully saturated rings. The second-order valence-corrected chi connectivity index (χ2v) is 5.74. The highest BCUT2D eigenvalue weighted by Gasteiger charge is 2.24. The summed E-state index contributed by atoms with van der Waals surface area (Å²) >= 11 is 0. The van der Waals surface area contributed by atoms with Gasteiger partial charge in [0.15, 0.2) is 0 Å². The molecular weight excluding hydrogens is 302 g/mol. The van der Waals surface area contributed by atoms with E-state index in [1.807, 2.05) is 36.5 Å². The van der Waals surface area contributed by atoms with E-state index in [-0.39, 0.29) is 5.91 Å². The summed E-state index contributed by atoms with van der Waals surface area (Å²) in [5.41, 5.74) is 8.49. The summed E-state index contributed by atoms with van der Waals surface area (Å²) in [6.45, 7) is 0. The van der Waals surface area contributed by atoms with E-state index < -0.39 is 11.9 Å². The molecule has 3 N–H and O–H groups in total. The summed E-state index contributed by atoms with van der Waals surface area (Å²) in [5.74, 6) is -0.746. The molecule has 2 amide bonds. The van der Waals surface area contributed by atoms with Crippen molar-refractivity contribution < 1.29 is 9.59 Å². The van der Waals surface area contributed by atoms with Crippen LogP contribution in [0, 0.1) is 0 Å². The summed E-state index contributed by atoms with van der Waals surface area (Å²) in [6.07, 6.45) is 2.23. The molecular formula is C19H19N3O2. The zero-order valence-electron chi connectivity index (χ0n) is 13.4. The van der Waals surface area contributed by atoms with Crippen LogP contribution in [0.25, 0.3) is 10.9 Å². The number of aromatic nitrogens is 1. The average Bonchev–Trinajstić information content (AvgIpc) is 3.03. The Morgan fingerprint density at radius 1 is 1.08 bits per heavy atom. The van der Waals surface area contributed by atoms with Gasteiger partial charge in [0.2, 0.25) is 5.91 Å². The molecule has 3 aromatic rings. The fraction of sp³-hybridized carbons (Fsp3) is 0.158. The number of para-hydroxylation sites is 1. The second-order valence-electron chi connectivity index (χ2n) is 5.74. The zero-order chi connectivity index (χ0) is 17.1. The molecule has 0 unspecified atom stereocenters. The van der Waals surface area contributed by atoms with E-state index in [0.29, 0.717) is 12.0 Å². The first kappa shape index (κ1) is 16.0. The molecule has 5 nitrogen and oxygen atoms in total. The van der Waals surface area contributed by atoms with Crippen molar-refractivity contribution in [3.05, 3.63) is 71.9 Å². The monoisotopic (exact) mass is 321 g/mol. The number of carbonyl (C=O) groups is 2. The molecule has 1 aromatic heterocycles. The summed E-state index contributed by atoms with van der Waals surface area (Å²) < 4.78 is 0. The lowest BCUT2D eigenvalue weighted by Gasteiger charge is -2.19. The molecule has 3 rings (SSSR count).